The van der Waals surface area contributed by atoms with E-state index in [4.69, 9.17) is 19.9 Å². The van der Waals surface area contributed by atoms with E-state index >= 15 is 0 Å². The quantitative estimate of drug-likeness (QED) is 0.183. The van der Waals surface area contributed by atoms with Crippen molar-refractivity contribution in [2.45, 2.75) is 0 Å². The zero-order chi connectivity index (χ0) is 32.3. The highest BCUT2D eigenvalue weighted by molar-refractivity contribution is 6.32. The Kier molecular flexibility index (Phi) is 6.11. The number of rotatable bonds is 4. The van der Waals surface area contributed by atoms with Crippen molar-refractivity contribution in [1.29, 1.82) is 0 Å². The highest BCUT2D eigenvalue weighted by atomic mass is 15.0. The third-order valence-electron chi connectivity index (χ3n) is 9.43. The number of nitrogens with zero attached hydrogens (tertiary/aromatic N) is 5. The maximum atomic E-state index is 5.06. The van der Waals surface area contributed by atoms with Crippen LogP contribution in [0.5, 0.6) is 0 Å². The maximum Gasteiger partial charge on any atom is 0.164 e. The summed E-state index contributed by atoms with van der Waals surface area (Å²) in [5.41, 5.74) is 7.07. The van der Waals surface area contributed by atoms with E-state index in [0.717, 1.165) is 49.7 Å². The molecular formula is C44H27N5. The zero-order valence-electron chi connectivity index (χ0n) is 26.3. The van der Waals surface area contributed by atoms with E-state index in [1.807, 2.05) is 72.9 Å². The molecule has 0 saturated heterocycles. The van der Waals surface area contributed by atoms with Gasteiger partial charge in [-0.2, -0.15) is 0 Å². The van der Waals surface area contributed by atoms with Crippen LogP contribution in [0, 0.1) is 0 Å². The van der Waals surface area contributed by atoms with E-state index in [-0.39, 0.29) is 0 Å². The normalized spacial score (nSPS) is 11.7. The van der Waals surface area contributed by atoms with Crippen molar-refractivity contribution in [2.75, 3.05) is 0 Å². The molecule has 5 nitrogen and oxygen atoms in total. The van der Waals surface area contributed by atoms with E-state index in [9.17, 15) is 0 Å². The lowest BCUT2D eigenvalue weighted by Crippen LogP contribution is -2.00. The van der Waals surface area contributed by atoms with Crippen LogP contribution in [0.1, 0.15) is 0 Å². The average molecular weight is 626 g/mol. The summed E-state index contributed by atoms with van der Waals surface area (Å²) in [7, 11) is 0. The van der Waals surface area contributed by atoms with Crippen LogP contribution in [0.25, 0.3) is 94.1 Å². The molecule has 10 aromatic rings. The van der Waals surface area contributed by atoms with Gasteiger partial charge in [0.05, 0.1) is 28.4 Å². The molecule has 0 unspecified atom stereocenters. The number of aromatic nitrogens is 5. The standard InChI is InChI=1S/C44H27N5/c1-3-13-28(14-4-1)42-46-43(29-15-5-2-6-16-29)48-44(47-42)31-23-24-39-37(26-31)40-35-20-10-8-18-33(35)34-19-9-11-21-36(34)41(40)49(39)32-25-30-17-7-12-22-38(30)45-27-32/h1-27H. The summed E-state index contributed by atoms with van der Waals surface area (Å²) in [5.74, 6) is 1.92. The lowest BCUT2D eigenvalue weighted by molar-refractivity contribution is 1.07. The van der Waals surface area contributed by atoms with Crippen molar-refractivity contribution in [3.05, 3.63) is 164 Å². The number of hydrogen-bond donors (Lipinski definition) is 0. The SMILES string of the molecule is c1ccc(-c2nc(-c3ccccc3)nc(-c3ccc4c(c3)c3c5ccccc5c5ccccc5c3n4-c3cnc4ccccc4c3)n2)cc1. The Morgan fingerprint density at radius 1 is 0.408 bits per heavy atom. The van der Waals surface area contributed by atoms with Crippen LogP contribution < -0.4 is 0 Å². The number of para-hydroxylation sites is 1. The van der Waals surface area contributed by atoms with E-state index in [0.29, 0.717) is 17.5 Å². The molecule has 228 valence electrons. The monoisotopic (exact) mass is 625 g/mol. The van der Waals surface area contributed by atoms with E-state index < -0.39 is 0 Å². The Hall–Kier alpha value is -6.72. The highest BCUT2D eigenvalue weighted by Gasteiger charge is 2.21. The molecule has 0 spiro atoms. The second kappa shape index (κ2) is 10.9. The first kappa shape index (κ1) is 27.4. The van der Waals surface area contributed by atoms with Crippen LogP contribution in [0.15, 0.2) is 164 Å². The largest absolute Gasteiger partial charge is 0.307 e. The first-order valence-corrected chi connectivity index (χ1v) is 16.4. The summed E-state index contributed by atoms with van der Waals surface area (Å²) in [6, 6.07) is 54.8. The maximum absolute atomic E-state index is 5.06. The van der Waals surface area contributed by atoms with Gasteiger partial charge in [-0.1, -0.05) is 127 Å². The van der Waals surface area contributed by atoms with Gasteiger partial charge in [0.15, 0.2) is 17.5 Å². The topological polar surface area (TPSA) is 56.5 Å². The molecule has 0 aliphatic carbocycles. The van der Waals surface area contributed by atoms with Crippen LogP contribution in [0.3, 0.4) is 0 Å². The number of pyridine rings is 1. The van der Waals surface area contributed by atoms with Gasteiger partial charge in [0.25, 0.3) is 0 Å². The Morgan fingerprint density at radius 3 is 1.65 bits per heavy atom. The van der Waals surface area contributed by atoms with Gasteiger partial charge in [-0.05, 0) is 46.5 Å². The lowest BCUT2D eigenvalue weighted by Gasteiger charge is -2.12. The summed E-state index contributed by atoms with van der Waals surface area (Å²) in [6.45, 7) is 0. The number of benzene rings is 7. The molecule has 49 heavy (non-hydrogen) atoms. The van der Waals surface area contributed by atoms with E-state index in [1.54, 1.807) is 0 Å². The molecule has 0 saturated carbocycles. The molecule has 0 atom stereocenters. The minimum absolute atomic E-state index is 0.632. The average Bonchev–Trinajstić information content (AvgIpc) is 3.53. The summed E-state index contributed by atoms with van der Waals surface area (Å²) in [5, 5.41) is 8.27. The fraction of sp³-hybridized carbons (Fsp3) is 0. The molecule has 7 aromatic carbocycles. The summed E-state index contributed by atoms with van der Waals surface area (Å²) in [4.78, 5) is 19.9. The molecule has 0 aliphatic heterocycles. The van der Waals surface area contributed by atoms with Gasteiger partial charge in [-0.3, -0.25) is 4.98 Å². The minimum Gasteiger partial charge on any atom is -0.307 e. The Labute approximate surface area is 281 Å². The first-order chi connectivity index (χ1) is 24.3. The van der Waals surface area contributed by atoms with Crippen molar-refractivity contribution < 1.29 is 0 Å². The molecule has 0 amide bonds. The van der Waals surface area contributed by atoms with Crippen LogP contribution in [0.2, 0.25) is 0 Å². The van der Waals surface area contributed by atoms with Gasteiger partial charge in [0.2, 0.25) is 0 Å². The molecule has 10 rings (SSSR count). The second-order valence-corrected chi connectivity index (χ2v) is 12.3. The van der Waals surface area contributed by atoms with Crippen molar-refractivity contribution in [2.24, 2.45) is 0 Å². The molecule has 0 aliphatic rings. The highest BCUT2D eigenvalue weighted by Crippen LogP contribution is 2.43. The molecule has 0 fully saturated rings. The molecule has 0 radical (unpaired) electrons. The molecule has 0 N–H and O–H groups in total. The molecule has 5 heteroatoms. The molecule has 3 aromatic heterocycles. The molecule has 0 bridgehead atoms. The van der Waals surface area contributed by atoms with Crippen LogP contribution in [0.4, 0.5) is 0 Å². The Morgan fingerprint density at radius 2 is 0.959 bits per heavy atom. The van der Waals surface area contributed by atoms with Crippen molar-refractivity contribution in [1.82, 2.24) is 24.5 Å². The zero-order valence-corrected chi connectivity index (χ0v) is 26.3. The number of fused-ring (bicyclic) bond motifs is 9. The van der Waals surface area contributed by atoms with Gasteiger partial charge >= 0.3 is 0 Å². The Balaban J connectivity index is 1.31. The van der Waals surface area contributed by atoms with Crippen LogP contribution in [-0.4, -0.2) is 24.5 Å². The summed E-state index contributed by atoms with van der Waals surface area (Å²) in [6.07, 6.45) is 1.99. The predicted octanol–water partition coefficient (Wildman–Crippen LogP) is 10.8. The first-order valence-electron chi connectivity index (χ1n) is 16.4. The number of hydrogen-bond acceptors (Lipinski definition) is 4. The molecular weight excluding hydrogens is 599 g/mol. The van der Waals surface area contributed by atoms with Gasteiger partial charge in [-0.15, -0.1) is 0 Å². The third-order valence-corrected chi connectivity index (χ3v) is 9.43. The fourth-order valence-electron chi connectivity index (χ4n) is 7.21. The fourth-order valence-corrected chi connectivity index (χ4v) is 7.21. The minimum atomic E-state index is 0.632. The van der Waals surface area contributed by atoms with E-state index in [2.05, 4.69) is 95.6 Å². The smallest absolute Gasteiger partial charge is 0.164 e. The van der Waals surface area contributed by atoms with Gasteiger partial charge in [0.1, 0.15) is 0 Å². The Bertz CT molecular complexity index is 2820. The second-order valence-electron chi connectivity index (χ2n) is 12.3. The van der Waals surface area contributed by atoms with Gasteiger partial charge in [0, 0.05) is 38.2 Å². The third kappa shape index (κ3) is 4.40. The van der Waals surface area contributed by atoms with Crippen LogP contribution >= 0.6 is 0 Å². The van der Waals surface area contributed by atoms with Gasteiger partial charge < -0.3 is 4.57 Å². The van der Waals surface area contributed by atoms with Crippen molar-refractivity contribution in [3.8, 4) is 39.9 Å². The van der Waals surface area contributed by atoms with Crippen molar-refractivity contribution in [3.63, 3.8) is 0 Å². The summed E-state index contributed by atoms with van der Waals surface area (Å²) < 4.78 is 2.38. The van der Waals surface area contributed by atoms with Crippen molar-refractivity contribution >= 4 is 54.3 Å². The van der Waals surface area contributed by atoms with E-state index in [1.165, 1.54) is 26.9 Å². The van der Waals surface area contributed by atoms with Gasteiger partial charge in [-0.25, -0.2) is 15.0 Å². The lowest BCUT2D eigenvalue weighted by atomic mass is 9.96. The summed E-state index contributed by atoms with van der Waals surface area (Å²) >= 11 is 0. The molecule has 3 heterocycles. The predicted molar refractivity (Wildman–Crippen MR) is 201 cm³/mol. The van der Waals surface area contributed by atoms with Crippen LogP contribution in [-0.2, 0) is 0 Å².